The number of fused-ring (bicyclic) bond motifs is 1. The molecule has 1 aliphatic heterocycles. The van der Waals surface area contributed by atoms with Crippen molar-refractivity contribution in [2.75, 3.05) is 17.8 Å². The molecular weight excluding hydrogens is 626 g/mol. The Balaban J connectivity index is 0.000000541. The lowest BCUT2D eigenvalue weighted by atomic mass is 9.87. The fourth-order valence-electron chi connectivity index (χ4n) is 4.86. The molecule has 17 heteroatoms. The summed E-state index contributed by atoms with van der Waals surface area (Å²) in [4.78, 5) is 9.01. The summed E-state index contributed by atoms with van der Waals surface area (Å²) in [6.07, 6.45) is -6.26. The van der Waals surface area contributed by atoms with E-state index in [1.165, 1.54) is 23.7 Å². The fourth-order valence-corrected chi connectivity index (χ4v) is 6.61. The highest BCUT2D eigenvalue weighted by Gasteiger charge is 2.38. The number of hydrogen-bond donors (Lipinski definition) is 3. The number of hydrogen-bond acceptors (Lipinski definition) is 8. The Morgan fingerprint density at radius 3 is 2.33 bits per heavy atom. The lowest BCUT2D eigenvalue weighted by molar-refractivity contribution is -0.192. The number of anilines is 1. The Morgan fingerprint density at radius 2 is 1.72 bits per heavy atom. The molecule has 0 bridgehead atoms. The molecule has 5 rings (SSSR count). The largest absolute Gasteiger partial charge is 0.490 e. The van der Waals surface area contributed by atoms with Gasteiger partial charge in [-0.2, -0.15) is 26.3 Å². The molecule has 0 spiro atoms. The van der Waals surface area contributed by atoms with Crippen LogP contribution in [0.15, 0.2) is 46.8 Å². The van der Waals surface area contributed by atoms with Gasteiger partial charge in [0.1, 0.15) is 17.4 Å². The van der Waals surface area contributed by atoms with Crippen LogP contribution in [0, 0.1) is 0 Å². The highest BCUT2D eigenvalue weighted by Crippen LogP contribution is 2.42. The molecule has 1 atom stereocenters. The predicted molar refractivity (Wildman–Crippen MR) is 143 cm³/mol. The summed E-state index contributed by atoms with van der Waals surface area (Å²) in [5, 5.41) is 17.9. The van der Waals surface area contributed by atoms with Crippen molar-refractivity contribution < 1.29 is 49.4 Å². The Hall–Kier alpha value is -3.44. The molecule has 0 saturated carbocycles. The van der Waals surface area contributed by atoms with E-state index in [2.05, 4.69) is 20.2 Å². The number of alkyl halides is 6. The zero-order valence-corrected chi connectivity index (χ0v) is 23.8. The van der Waals surface area contributed by atoms with E-state index in [1.807, 2.05) is 0 Å². The molecule has 9 nitrogen and oxygen atoms in total. The zero-order valence-electron chi connectivity index (χ0n) is 22.2. The Bertz CT molecular complexity index is 1530. The van der Waals surface area contributed by atoms with E-state index >= 15 is 0 Å². The normalized spacial score (nSPS) is 17.8. The maximum absolute atomic E-state index is 13.5. The summed E-state index contributed by atoms with van der Waals surface area (Å²) in [6.45, 7) is 1.49. The van der Waals surface area contributed by atoms with Crippen LogP contribution in [0.2, 0.25) is 0 Å². The number of aliphatic carboxylic acids is 1. The average Bonchev–Trinajstić information content (AvgIpc) is 3.45. The van der Waals surface area contributed by atoms with Crippen molar-refractivity contribution in [1.82, 2.24) is 15.5 Å². The summed E-state index contributed by atoms with van der Waals surface area (Å²) in [5.41, 5.74) is 3.05. The molecule has 3 N–H and O–H groups in total. The van der Waals surface area contributed by atoms with Gasteiger partial charge in [-0.25, -0.2) is 13.2 Å². The molecule has 234 valence electrons. The SMILES string of the molecule is O=C(O)C(F)(F)F.O=S(=O)(Nc1nncs1)c1ccc2c(c1)CCCC2Oc1ccc(C(F)(F)F)cc1C1CCNCC1. The van der Waals surface area contributed by atoms with Crippen LogP contribution in [0.25, 0.3) is 0 Å². The highest BCUT2D eigenvalue weighted by atomic mass is 32.2. The summed E-state index contributed by atoms with van der Waals surface area (Å²) in [5.74, 6) is -2.32. The molecule has 1 aliphatic carbocycles. The second-order valence-electron chi connectivity index (χ2n) is 9.79. The molecule has 3 aromatic rings. The van der Waals surface area contributed by atoms with Crippen molar-refractivity contribution in [3.63, 3.8) is 0 Å². The van der Waals surface area contributed by atoms with E-state index in [0.29, 0.717) is 24.2 Å². The number of ether oxygens (including phenoxy) is 1. The smallest absolute Gasteiger partial charge is 0.485 e. The van der Waals surface area contributed by atoms with E-state index in [4.69, 9.17) is 14.6 Å². The number of aromatic nitrogens is 2. The van der Waals surface area contributed by atoms with Crippen molar-refractivity contribution in [1.29, 1.82) is 0 Å². The third kappa shape index (κ3) is 8.35. The van der Waals surface area contributed by atoms with Crippen LogP contribution < -0.4 is 14.8 Å². The summed E-state index contributed by atoms with van der Waals surface area (Å²) < 4.78 is 106. The van der Waals surface area contributed by atoms with Gasteiger partial charge in [-0.1, -0.05) is 17.4 Å². The van der Waals surface area contributed by atoms with Gasteiger partial charge in [0.25, 0.3) is 10.0 Å². The predicted octanol–water partition coefficient (Wildman–Crippen LogP) is 5.91. The number of nitrogens with one attached hydrogen (secondary N) is 2. The van der Waals surface area contributed by atoms with Crippen LogP contribution in [0.1, 0.15) is 60.0 Å². The van der Waals surface area contributed by atoms with E-state index in [9.17, 15) is 34.8 Å². The first-order valence-corrected chi connectivity index (χ1v) is 15.3. The highest BCUT2D eigenvalue weighted by molar-refractivity contribution is 7.93. The molecule has 1 unspecified atom stereocenters. The van der Waals surface area contributed by atoms with Gasteiger partial charge in [0, 0.05) is 0 Å². The number of carboxylic acid groups (broad SMARTS) is 1. The van der Waals surface area contributed by atoms with E-state index in [0.717, 1.165) is 60.9 Å². The number of sulfonamides is 1. The Kier molecular flexibility index (Phi) is 9.86. The number of carbonyl (C=O) groups is 1. The van der Waals surface area contributed by atoms with Gasteiger partial charge in [0.2, 0.25) is 5.13 Å². The molecule has 0 radical (unpaired) electrons. The molecule has 43 heavy (non-hydrogen) atoms. The van der Waals surface area contributed by atoms with Gasteiger partial charge in [-0.3, -0.25) is 4.72 Å². The average molecular weight is 653 g/mol. The number of aryl methyl sites for hydroxylation is 1. The Morgan fingerprint density at radius 1 is 1.02 bits per heavy atom. The van der Waals surface area contributed by atoms with Crippen LogP contribution >= 0.6 is 11.3 Å². The quantitative estimate of drug-likeness (QED) is 0.280. The van der Waals surface area contributed by atoms with E-state index < -0.39 is 33.9 Å². The van der Waals surface area contributed by atoms with Crippen LogP contribution in [-0.2, 0) is 27.4 Å². The maximum atomic E-state index is 13.5. The van der Waals surface area contributed by atoms with Crippen molar-refractivity contribution in [3.8, 4) is 5.75 Å². The first-order chi connectivity index (χ1) is 20.1. The first kappa shape index (κ1) is 32.5. The van der Waals surface area contributed by atoms with Crippen LogP contribution in [0.4, 0.5) is 31.5 Å². The monoisotopic (exact) mass is 652 g/mol. The minimum atomic E-state index is -5.08. The minimum absolute atomic E-state index is 0.0226. The molecule has 1 saturated heterocycles. The first-order valence-electron chi connectivity index (χ1n) is 13.0. The third-order valence-corrected chi connectivity index (χ3v) is 8.97. The standard InChI is InChI=1S/C24H25F3N4O3S2.C2HF3O2/c25-24(26,27)17-4-7-22(20(13-17)15-8-10-28-11-9-15)34-21-3-1-2-16-12-18(5-6-19(16)21)36(32,33)31-23-30-29-14-35-23;3-2(4,5)1(6)7/h4-7,12-15,21,28H,1-3,8-11H2,(H,30,31);(H,6,7). The summed E-state index contributed by atoms with van der Waals surface area (Å²) in [7, 11) is -3.83. The lowest BCUT2D eigenvalue weighted by Gasteiger charge is -2.30. The maximum Gasteiger partial charge on any atom is 0.490 e. The van der Waals surface area contributed by atoms with Crippen molar-refractivity contribution in [3.05, 3.63) is 64.2 Å². The number of nitrogens with zero attached hydrogens (tertiary/aromatic N) is 2. The molecule has 0 amide bonds. The fraction of sp³-hybridized carbons (Fsp3) is 0.423. The Labute approximate surface area is 246 Å². The van der Waals surface area contributed by atoms with Crippen molar-refractivity contribution in [2.45, 2.75) is 61.4 Å². The summed E-state index contributed by atoms with van der Waals surface area (Å²) in [6, 6.07) is 8.61. The van der Waals surface area contributed by atoms with Gasteiger partial charge < -0.3 is 15.2 Å². The zero-order chi connectivity index (χ0) is 31.4. The second-order valence-corrected chi connectivity index (χ2v) is 12.3. The van der Waals surface area contributed by atoms with Gasteiger partial charge in [-0.05, 0) is 98.1 Å². The number of benzene rings is 2. The third-order valence-electron chi connectivity index (χ3n) is 6.89. The molecule has 2 heterocycles. The molecule has 1 aromatic heterocycles. The van der Waals surface area contributed by atoms with Crippen LogP contribution in [0.5, 0.6) is 5.75 Å². The van der Waals surface area contributed by atoms with Crippen LogP contribution in [0.3, 0.4) is 0 Å². The molecule has 2 aromatic carbocycles. The topological polar surface area (TPSA) is 131 Å². The van der Waals surface area contributed by atoms with Gasteiger partial charge >= 0.3 is 18.3 Å². The second kappa shape index (κ2) is 13.1. The number of carboxylic acids is 1. The number of rotatable bonds is 6. The van der Waals surface area contributed by atoms with E-state index in [-0.39, 0.29) is 22.0 Å². The molecule has 2 aliphatic rings. The van der Waals surface area contributed by atoms with E-state index in [1.54, 1.807) is 12.1 Å². The minimum Gasteiger partial charge on any atom is -0.485 e. The number of halogens is 6. The summed E-state index contributed by atoms with van der Waals surface area (Å²) >= 11 is 1.08. The van der Waals surface area contributed by atoms with Crippen LogP contribution in [-0.4, -0.2) is 49.0 Å². The molecule has 1 fully saturated rings. The van der Waals surface area contributed by atoms with Gasteiger partial charge in [0.05, 0.1) is 10.5 Å². The van der Waals surface area contributed by atoms with Gasteiger partial charge in [0.15, 0.2) is 0 Å². The lowest BCUT2D eigenvalue weighted by Crippen LogP contribution is -2.27. The molecular formula is C26H26F6N4O5S2. The van der Waals surface area contributed by atoms with Crippen molar-refractivity contribution >= 4 is 32.5 Å². The number of piperidine rings is 1. The van der Waals surface area contributed by atoms with Gasteiger partial charge in [-0.15, -0.1) is 10.2 Å². The van der Waals surface area contributed by atoms with Crippen molar-refractivity contribution in [2.24, 2.45) is 0 Å².